The van der Waals surface area contributed by atoms with Crippen molar-refractivity contribution in [3.63, 3.8) is 0 Å². The van der Waals surface area contributed by atoms with Crippen LogP contribution >= 0.6 is 7.82 Å². The van der Waals surface area contributed by atoms with Crippen LogP contribution in [0.1, 0.15) is 181 Å². The summed E-state index contributed by atoms with van der Waals surface area (Å²) in [5, 5.41) is 0. The molecule has 0 radical (unpaired) electrons. The molecule has 36 heavy (non-hydrogen) atoms. The SMILES string of the molecule is CCCCCCCCCCCOP(=O)(OCCCCCCCCCC)OCCCCCCCCCC. The number of phosphoric acid groups is 1. The van der Waals surface area contributed by atoms with Gasteiger partial charge in [-0.2, -0.15) is 0 Å². The Morgan fingerprint density at radius 3 is 0.750 bits per heavy atom. The van der Waals surface area contributed by atoms with Crippen molar-refractivity contribution >= 4 is 7.82 Å². The zero-order valence-corrected chi connectivity index (χ0v) is 25.8. The second kappa shape index (κ2) is 29.7. The normalized spacial score (nSPS) is 12.0. The zero-order valence-electron chi connectivity index (χ0n) is 24.9. The van der Waals surface area contributed by atoms with E-state index >= 15 is 0 Å². The van der Waals surface area contributed by atoms with E-state index in [2.05, 4.69) is 20.8 Å². The van der Waals surface area contributed by atoms with Crippen molar-refractivity contribution in [3.8, 4) is 0 Å². The van der Waals surface area contributed by atoms with Crippen LogP contribution in [0.5, 0.6) is 0 Å². The lowest BCUT2D eigenvalue weighted by Crippen LogP contribution is -2.04. The molecule has 0 heterocycles. The fourth-order valence-corrected chi connectivity index (χ4v) is 5.81. The number of unbranched alkanes of at least 4 members (excludes halogenated alkanes) is 22. The van der Waals surface area contributed by atoms with E-state index in [0.717, 1.165) is 38.5 Å². The number of hydrogen-bond donors (Lipinski definition) is 0. The van der Waals surface area contributed by atoms with Crippen LogP contribution in [-0.2, 0) is 18.1 Å². The molecule has 5 heteroatoms. The summed E-state index contributed by atoms with van der Waals surface area (Å²) < 4.78 is 30.4. The van der Waals surface area contributed by atoms with Crippen LogP contribution in [0.15, 0.2) is 0 Å². The minimum atomic E-state index is -3.43. The molecule has 0 aliphatic heterocycles. The highest BCUT2D eigenvalue weighted by Gasteiger charge is 2.26. The third-order valence-corrected chi connectivity index (χ3v) is 8.49. The van der Waals surface area contributed by atoms with Crippen LogP contribution in [0.4, 0.5) is 0 Å². The Balaban J connectivity index is 4.06. The number of phosphoric ester groups is 1. The van der Waals surface area contributed by atoms with Crippen molar-refractivity contribution in [2.45, 2.75) is 181 Å². The van der Waals surface area contributed by atoms with Crippen LogP contribution in [-0.4, -0.2) is 19.8 Å². The van der Waals surface area contributed by atoms with Crippen molar-refractivity contribution in [1.29, 1.82) is 0 Å². The highest BCUT2D eigenvalue weighted by atomic mass is 31.2. The highest BCUT2D eigenvalue weighted by Crippen LogP contribution is 2.50. The molecule has 0 fully saturated rings. The first-order valence-corrected chi connectivity index (χ1v) is 17.7. The van der Waals surface area contributed by atoms with E-state index in [1.807, 2.05) is 0 Å². The minimum absolute atomic E-state index is 0.474. The molecule has 4 nitrogen and oxygen atoms in total. The van der Waals surface area contributed by atoms with Gasteiger partial charge in [0.15, 0.2) is 0 Å². The van der Waals surface area contributed by atoms with Crippen LogP contribution in [0.2, 0.25) is 0 Å². The third-order valence-electron chi connectivity index (χ3n) is 6.99. The van der Waals surface area contributed by atoms with Crippen LogP contribution in [0.3, 0.4) is 0 Å². The van der Waals surface area contributed by atoms with Crippen LogP contribution in [0.25, 0.3) is 0 Å². The first-order chi connectivity index (χ1) is 17.7. The molecule has 0 aromatic carbocycles. The Morgan fingerprint density at radius 1 is 0.333 bits per heavy atom. The molecule has 0 unspecified atom stereocenters. The first-order valence-electron chi connectivity index (χ1n) is 16.2. The molecule has 0 aromatic rings. The average Bonchev–Trinajstić information content (AvgIpc) is 2.88. The number of hydrogen-bond acceptors (Lipinski definition) is 4. The largest absolute Gasteiger partial charge is 0.474 e. The van der Waals surface area contributed by atoms with Crippen molar-refractivity contribution < 1.29 is 18.1 Å². The van der Waals surface area contributed by atoms with E-state index in [-0.39, 0.29) is 0 Å². The second-order valence-corrected chi connectivity index (χ2v) is 12.4. The van der Waals surface area contributed by atoms with Crippen molar-refractivity contribution in [2.24, 2.45) is 0 Å². The van der Waals surface area contributed by atoms with Gasteiger partial charge in [0.1, 0.15) is 0 Å². The summed E-state index contributed by atoms with van der Waals surface area (Å²) >= 11 is 0. The molecule has 218 valence electrons. The first kappa shape index (κ1) is 36.1. The monoisotopic (exact) mass is 532 g/mol. The molecule has 0 atom stereocenters. The summed E-state index contributed by atoms with van der Waals surface area (Å²) in [4.78, 5) is 0. The molecular weight excluding hydrogens is 467 g/mol. The summed E-state index contributed by atoms with van der Waals surface area (Å²) in [6.07, 6.45) is 31.1. The Kier molecular flexibility index (Phi) is 29.8. The zero-order chi connectivity index (χ0) is 26.4. The maximum absolute atomic E-state index is 13.2. The quantitative estimate of drug-likeness (QED) is 0.0658. The fraction of sp³-hybridized carbons (Fsp3) is 1.00. The molecule has 0 aromatic heterocycles. The molecular formula is C31H65O4P. The molecule has 0 aliphatic carbocycles. The van der Waals surface area contributed by atoms with Crippen molar-refractivity contribution in [3.05, 3.63) is 0 Å². The predicted molar refractivity (Wildman–Crippen MR) is 158 cm³/mol. The Morgan fingerprint density at radius 2 is 0.528 bits per heavy atom. The van der Waals surface area contributed by atoms with E-state index in [0.29, 0.717) is 19.8 Å². The van der Waals surface area contributed by atoms with E-state index < -0.39 is 7.82 Å². The Hall–Kier alpha value is 0.110. The lowest BCUT2D eigenvalue weighted by molar-refractivity contribution is 0.108. The van der Waals surface area contributed by atoms with Gasteiger partial charge in [0.2, 0.25) is 0 Å². The second-order valence-electron chi connectivity index (χ2n) is 10.7. The summed E-state index contributed by atoms with van der Waals surface area (Å²) in [6, 6.07) is 0. The molecule has 0 N–H and O–H groups in total. The summed E-state index contributed by atoms with van der Waals surface area (Å²) in [5.41, 5.74) is 0. The van der Waals surface area contributed by atoms with Crippen LogP contribution < -0.4 is 0 Å². The molecule has 0 spiro atoms. The summed E-state index contributed by atoms with van der Waals surface area (Å²) in [7, 11) is -3.43. The molecule has 0 saturated heterocycles. The lowest BCUT2D eigenvalue weighted by Gasteiger charge is -2.18. The van der Waals surface area contributed by atoms with Crippen molar-refractivity contribution in [1.82, 2.24) is 0 Å². The minimum Gasteiger partial charge on any atom is -0.287 e. The maximum Gasteiger partial charge on any atom is 0.474 e. The molecule has 0 rings (SSSR count). The Labute approximate surface area is 227 Å². The molecule has 0 amide bonds. The van der Waals surface area contributed by atoms with E-state index in [9.17, 15) is 4.57 Å². The van der Waals surface area contributed by atoms with Gasteiger partial charge in [-0.1, -0.05) is 162 Å². The van der Waals surface area contributed by atoms with Crippen LogP contribution in [0, 0.1) is 0 Å². The summed E-state index contributed by atoms with van der Waals surface area (Å²) in [6.45, 7) is 8.19. The number of rotatable bonds is 31. The third kappa shape index (κ3) is 27.2. The Bertz CT molecular complexity index is 432. The lowest BCUT2D eigenvalue weighted by atomic mass is 10.1. The molecule has 0 aliphatic rings. The van der Waals surface area contributed by atoms with E-state index in [4.69, 9.17) is 13.6 Å². The van der Waals surface area contributed by atoms with E-state index in [1.165, 1.54) is 122 Å². The topological polar surface area (TPSA) is 44.8 Å². The van der Waals surface area contributed by atoms with Gasteiger partial charge in [-0.3, -0.25) is 13.6 Å². The van der Waals surface area contributed by atoms with Gasteiger partial charge in [-0.25, -0.2) is 4.57 Å². The fourth-order valence-electron chi connectivity index (χ4n) is 4.53. The van der Waals surface area contributed by atoms with Gasteiger partial charge in [-0.15, -0.1) is 0 Å². The van der Waals surface area contributed by atoms with E-state index in [1.54, 1.807) is 0 Å². The van der Waals surface area contributed by atoms with Gasteiger partial charge in [-0.05, 0) is 19.3 Å². The standard InChI is InChI=1S/C31H65O4P/c1-4-7-10-13-16-19-22-25-28-31-35-36(32,33-29-26-23-20-17-14-11-8-5-2)34-30-27-24-21-18-15-12-9-6-3/h4-31H2,1-3H3. The molecule has 0 saturated carbocycles. The van der Waals surface area contributed by atoms with Gasteiger partial charge < -0.3 is 0 Å². The van der Waals surface area contributed by atoms with Gasteiger partial charge in [0.05, 0.1) is 19.8 Å². The highest BCUT2D eigenvalue weighted by molar-refractivity contribution is 7.48. The predicted octanol–water partition coefficient (Wildman–Crippen LogP) is 12.0. The molecule has 0 bridgehead atoms. The van der Waals surface area contributed by atoms with Gasteiger partial charge >= 0.3 is 7.82 Å². The smallest absolute Gasteiger partial charge is 0.287 e. The van der Waals surface area contributed by atoms with Gasteiger partial charge in [0, 0.05) is 0 Å². The maximum atomic E-state index is 13.2. The summed E-state index contributed by atoms with van der Waals surface area (Å²) in [5.74, 6) is 0. The van der Waals surface area contributed by atoms with Gasteiger partial charge in [0.25, 0.3) is 0 Å². The average molecular weight is 533 g/mol. The van der Waals surface area contributed by atoms with Crippen molar-refractivity contribution in [2.75, 3.05) is 19.8 Å².